The molecule has 0 aromatic heterocycles. The second-order valence-corrected chi connectivity index (χ2v) is 5.74. The zero-order valence-corrected chi connectivity index (χ0v) is 12.3. The summed E-state index contributed by atoms with van der Waals surface area (Å²) >= 11 is 0. The molecule has 1 heterocycles. The van der Waals surface area contributed by atoms with E-state index in [0.717, 1.165) is 17.8 Å². The highest BCUT2D eigenvalue weighted by atomic mass is 16.4. The standard InChI is InChI=1S/C15H20N2O3/c1-10-9-11(13(18)19)5-6-12(10)17-8-7-16(4)14(20)15(17,2)3/h5-6,9H,7-8H2,1-4H3,(H,18,19). The number of amides is 1. The van der Waals surface area contributed by atoms with Gasteiger partial charge in [-0.15, -0.1) is 0 Å². The number of hydrogen-bond acceptors (Lipinski definition) is 3. The summed E-state index contributed by atoms with van der Waals surface area (Å²) in [6.45, 7) is 7.08. The summed E-state index contributed by atoms with van der Waals surface area (Å²) in [6, 6.07) is 5.03. The number of carboxylic acid groups (broad SMARTS) is 1. The fraction of sp³-hybridized carbons (Fsp3) is 0.467. The van der Waals surface area contributed by atoms with Crippen molar-refractivity contribution in [3.05, 3.63) is 29.3 Å². The number of carbonyl (C=O) groups excluding carboxylic acids is 1. The highest BCUT2D eigenvalue weighted by Crippen LogP contribution is 2.31. The monoisotopic (exact) mass is 276 g/mol. The molecule has 108 valence electrons. The number of carboxylic acids is 1. The number of aromatic carboxylic acids is 1. The molecule has 2 rings (SSSR count). The van der Waals surface area contributed by atoms with E-state index in [1.807, 2.05) is 27.8 Å². The van der Waals surface area contributed by atoms with E-state index in [1.165, 1.54) is 0 Å². The fourth-order valence-electron chi connectivity index (χ4n) is 2.73. The van der Waals surface area contributed by atoms with Crippen molar-refractivity contribution in [2.75, 3.05) is 25.0 Å². The predicted octanol–water partition coefficient (Wildman–Crippen LogP) is 1.75. The second-order valence-electron chi connectivity index (χ2n) is 5.74. The molecule has 0 unspecified atom stereocenters. The molecule has 0 saturated carbocycles. The van der Waals surface area contributed by atoms with Crippen molar-refractivity contribution < 1.29 is 14.7 Å². The smallest absolute Gasteiger partial charge is 0.335 e. The number of benzene rings is 1. The molecule has 1 N–H and O–H groups in total. The SMILES string of the molecule is Cc1cc(C(=O)O)ccc1N1CCN(C)C(=O)C1(C)C. The lowest BCUT2D eigenvalue weighted by Gasteiger charge is -2.46. The Morgan fingerprint density at radius 3 is 2.50 bits per heavy atom. The minimum atomic E-state index is -0.937. The van der Waals surface area contributed by atoms with Gasteiger partial charge in [0.15, 0.2) is 0 Å². The summed E-state index contributed by atoms with van der Waals surface area (Å²) in [7, 11) is 1.81. The largest absolute Gasteiger partial charge is 0.478 e. The molecule has 0 atom stereocenters. The molecule has 5 heteroatoms. The van der Waals surface area contributed by atoms with Gasteiger partial charge in [0.1, 0.15) is 5.54 Å². The van der Waals surface area contributed by atoms with Crippen LogP contribution in [0, 0.1) is 6.92 Å². The van der Waals surface area contributed by atoms with Gasteiger partial charge in [-0.05, 0) is 44.5 Å². The second kappa shape index (κ2) is 4.81. The first kappa shape index (κ1) is 14.4. The van der Waals surface area contributed by atoms with E-state index in [-0.39, 0.29) is 11.5 Å². The Morgan fingerprint density at radius 1 is 1.30 bits per heavy atom. The van der Waals surface area contributed by atoms with Gasteiger partial charge >= 0.3 is 5.97 Å². The van der Waals surface area contributed by atoms with E-state index < -0.39 is 11.5 Å². The van der Waals surface area contributed by atoms with Crippen molar-refractivity contribution in [3.63, 3.8) is 0 Å². The summed E-state index contributed by atoms with van der Waals surface area (Å²) in [5.74, 6) is -0.862. The molecule has 0 aliphatic carbocycles. The van der Waals surface area contributed by atoms with Crippen LogP contribution in [0.2, 0.25) is 0 Å². The molecule has 0 radical (unpaired) electrons. The maximum atomic E-state index is 12.3. The highest BCUT2D eigenvalue weighted by Gasteiger charge is 2.40. The molecule has 1 fully saturated rings. The van der Waals surface area contributed by atoms with Crippen LogP contribution in [0.5, 0.6) is 0 Å². The summed E-state index contributed by atoms with van der Waals surface area (Å²) in [4.78, 5) is 27.1. The average Bonchev–Trinajstić information content (AvgIpc) is 2.37. The van der Waals surface area contributed by atoms with Crippen LogP contribution in [0.15, 0.2) is 18.2 Å². The van der Waals surface area contributed by atoms with Crippen LogP contribution in [0.4, 0.5) is 5.69 Å². The summed E-state index contributed by atoms with van der Waals surface area (Å²) < 4.78 is 0. The zero-order valence-electron chi connectivity index (χ0n) is 12.3. The van der Waals surface area contributed by atoms with Crippen LogP contribution < -0.4 is 4.90 Å². The third-order valence-corrected chi connectivity index (χ3v) is 3.94. The van der Waals surface area contributed by atoms with Crippen LogP contribution in [-0.4, -0.2) is 47.6 Å². The highest BCUT2D eigenvalue weighted by molar-refractivity contribution is 5.92. The van der Waals surface area contributed by atoms with Gasteiger partial charge in [0.2, 0.25) is 5.91 Å². The fourth-order valence-corrected chi connectivity index (χ4v) is 2.73. The molecular formula is C15H20N2O3. The topological polar surface area (TPSA) is 60.9 Å². The van der Waals surface area contributed by atoms with E-state index in [1.54, 1.807) is 23.1 Å². The van der Waals surface area contributed by atoms with Crippen molar-refractivity contribution in [1.82, 2.24) is 4.90 Å². The third kappa shape index (κ3) is 2.24. The number of rotatable bonds is 2. The van der Waals surface area contributed by atoms with Gasteiger partial charge in [0.25, 0.3) is 0 Å². The maximum absolute atomic E-state index is 12.3. The molecule has 1 amide bonds. The normalized spacial score (nSPS) is 18.3. The number of hydrogen-bond donors (Lipinski definition) is 1. The quantitative estimate of drug-likeness (QED) is 0.894. The first-order chi connectivity index (χ1) is 9.25. The molecule has 1 aliphatic rings. The molecule has 1 aliphatic heterocycles. The van der Waals surface area contributed by atoms with Gasteiger partial charge < -0.3 is 14.9 Å². The Kier molecular flexibility index (Phi) is 3.46. The van der Waals surface area contributed by atoms with Gasteiger partial charge in [-0.2, -0.15) is 0 Å². The number of nitrogens with zero attached hydrogens (tertiary/aromatic N) is 2. The van der Waals surface area contributed by atoms with E-state index >= 15 is 0 Å². The van der Waals surface area contributed by atoms with Crippen LogP contribution in [0.1, 0.15) is 29.8 Å². The lowest BCUT2D eigenvalue weighted by atomic mass is 9.95. The number of aryl methyl sites for hydroxylation is 1. The summed E-state index contributed by atoms with van der Waals surface area (Å²) in [6.07, 6.45) is 0. The van der Waals surface area contributed by atoms with Crippen molar-refractivity contribution in [2.45, 2.75) is 26.3 Å². The minimum Gasteiger partial charge on any atom is -0.478 e. The summed E-state index contributed by atoms with van der Waals surface area (Å²) in [5, 5.41) is 9.02. The van der Waals surface area contributed by atoms with Crippen molar-refractivity contribution in [3.8, 4) is 0 Å². The Balaban J connectivity index is 2.41. The number of likely N-dealkylation sites (N-methyl/N-ethyl adjacent to an activating group) is 1. The van der Waals surface area contributed by atoms with E-state index in [0.29, 0.717) is 6.54 Å². The minimum absolute atomic E-state index is 0.0745. The first-order valence-electron chi connectivity index (χ1n) is 6.62. The number of piperazine rings is 1. The van der Waals surface area contributed by atoms with Crippen molar-refractivity contribution >= 4 is 17.6 Å². The third-order valence-electron chi connectivity index (χ3n) is 3.94. The van der Waals surface area contributed by atoms with Crippen LogP contribution >= 0.6 is 0 Å². The van der Waals surface area contributed by atoms with E-state index in [9.17, 15) is 9.59 Å². The van der Waals surface area contributed by atoms with Gasteiger partial charge in [-0.1, -0.05) is 0 Å². The lowest BCUT2D eigenvalue weighted by molar-refractivity contribution is -0.136. The van der Waals surface area contributed by atoms with Gasteiger partial charge in [-0.25, -0.2) is 4.79 Å². The Bertz CT molecular complexity index is 566. The molecule has 20 heavy (non-hydrogen) atoms. The molecule has 0 bridgehead atoms. The summed E-state index contributed by atoms with van der Waals surface area (Å²) in [5.41, 5.74) is 1.43. The Morgan fingerprint density at radius 2 is 1.95 bits per heavy atom. The Hall–Kier alpha value is -2.04. The molecule has 1 saturated heterocycles. The predicted molar refractivity (Wildman–Crippen MR) is 77.2 cm³/mol. The lowest BCUT2D eigenvalue weighted by Crippen LogP contribution is -2.62. The van der Waals surface area contributed by atoms with Crippen molar-refractivity contribution in [1.29, 1.82) is 0 Å². The average molecular weight is 276 g/mol. The molecular weight excluding hydrogens is 256 g/mol. The van der Waals surface area contributed by atoms with Gasteiger partial charge in [0, 0.05) is 25.8 Å². The van der Waals surface area contributed by atoms with Crippen molar-refractivity contribution in [2.24, 2.45) is 0 Å². The van der Waals surface area contributed by atoms with Gasteiger partial charge in [-0.3, -0.25) is 4.79 Å². The van der Waals surface area contributed by atoms with Crippen LogP contribution in [-0.2, 0) is 4.79 Å². The number of carbonyl (C=O) groups is 2. The van der Waals surface area contributed by atoms with Crippen LogP contribution in [0.25, 0.3) is 0 Å². The van der Waals surface area contributed by atoms with E-state index in [2.05, 4.69) is 4.90 Å². The maximum Gasteiger partial charge on any atom is 0.335 e. The molecule has 1 aromatic rings. The zero-order chi connectivity index (χ0) is 15.1. The first-order valence-corrected chi connectivity index (χ1v) is 6.62. The van der Waals surface area contributed by atoms with E-state index in [4.69, 9.17) is 5.11 Å². The molecule has 5 nitrogen and oxygen atoms in total. The van der Waals surface area contributed by atoms with Crippen LogP contribution in [0.3, 0.4) is 0 Å². The molecule has 0 spiro atoms. The number of anilines is 1. The Labute approximate surface area is 118 Å². The van der Waals surface area contributed by atoms with Gasteiger partial charge in [0.05, 0.1) is 5.56 Å². The molecule has 1 aromatic carbocycles.